The summed E-state index contributed by atoms with van der Waals surface area (Å²) in [6, 6.07) is 3.70. The number of aromatic nitrogens is 6. The third-order valence-corrected chi connectivity index (χ3v) is 9.89. The molecule has 1 N–H and O–H groups in total. The van der Waals surface area contributed by atoms with Gasteiger partial charge in [0.15, 0.2) is 5.82 Å². The molecule has 0 radical (unpaired) electrons. The quantitative estimate of drug-likeness (QED) is 0.290. The maximum Gasteiger partial charge on any atom is 0.338 e. The molecule has 14 heteroatoms. The molecule has 48 heavy (non-hydrogen) atoms. The number of aryl methyl sites for hydroxylation is 2. The zero-order valence-electron chi connectivity index (χ0n) is 27.1. The fourth-order valence-electron chi connectivity index (χ4n) is 7.32. The highest BCUT2D eigenvalue weighted by molar-refractivity contribution is 5.86. The van der Waals surface area contributed by atoms with E-state index < -0.39 is 12.4 Å². The summed E-state index contributed by atoms with van der Waals surface area (Å²) in [7, 11) is 1.78. The first-order valence-electron chi connectivity index (χ1n) is 16.5. The van der Waals surface area contributed by atoms with Crippen LogP contribution in [0.25, 0.3) is 11.1 Å². The van der Waals surface area contributed by atoms with Gasteiger partial charge in [-0.05, 0) is 48.9 Å². The molecule has 252 valence electrons. The summed E-state index contributed by atoms with van der Waals surface area (Å²) in [5.74, 6) is 0.344. The lowest BCUT2D eigenvalue weighted by Gasteiger charge is -2.34. The number of likely N-dealkylation sites (tertiary alicyclic amines) is 1. The standard InChI is InChI=1S/C34H39F2N9O3/c1-21(46)43-13-7-29-28(20-43)33(40-45(29)25-5-10-42(11-6-25)12-8-31-37-16-23(17-38-31)34(47)48)44-9-3-4-22-14-26(24-18-39-41(2)19-24)27(32(35)36)15-30(22)44/h14-19,25,32H,3-13,20H2,1-2H3,(H,47,48). The monoisotopic (exact) mass is 659 g/mol. The van der Waals surface area contributed by atoms with Crippen molar-refractivity contribution < 1.29 is 23.5 Å². The van der Waals surface area contributed by atoms with Gasteiger partial charge in [-0.2, -0.15) is 10.2 Å². The van der Waals surface area contributed by atoms with Crippen molar-refractivity contribution in [3.63, 3.8) is 0 Å². The van der Waals surface area contributed by atoms with Gasteiger partial charge < -0.3 is 19.8 Å². The van der Waals surface area contributed by atoms with E-state index in [1.807, 2.05) is 11.0 Å². The fraction of sp³-hybridized carbons (Fsp3) is 0.471. The Morgan fingerprint density at radius 3 is 2.48 bits per heavy atom. The summed E-state index contributed by atoms with van der Waals surface area (Å²) < 4.78 is 32.9. The number of amides is 1. The van der Waals surface area contributed by atoms with Crippen LogP contribution < -0.4 is 4.90 Å². The molecule has 0 unspecified atom stereocenters. The van der Waals surface area contributed by atoms with Crippen molar-refractivity contribution in [2.45, 2.75) is 64.5 Å². The van der Waals surface area contributed by atoms with Crippen LogP contribution in [0.3, 0.4) is 0 Å². The van der Waals surface area contributed by atoms with E-state index in [0.29, 0.717) is 49.4 Å². The molecule has 7 rings (SSSR count). The molecule has 3 aromatic heterocycles. The van der Waals surface area contributed by atoms with Crippen LogP contribution in [-0.4, -0.2) is 89.0 Å². The van der Waals surface area contributed by atoms with Crippen LogP contribution in [0.4, 0.5) is 20.3 Å². The molecule has 0 atom stereocenters. The van der Waals surface area contributed by atoms with Crippen LogP contribution in [0.15, 0.2) is 36.9 Å². The van der Waals surface area contributed by atoms with Crippen molar-refractivity contribution in [2.24, 2.45) is 7.05 Å². The van der Waals surface area contributed by atoms with Crippen LogP contribution in [0.5, 0.6) is 0 Å². The third kappa shape index (κ3) is 6.16. The van der Waals surface area contributed by atoms with Gasteiger partial charge in [0.05, 0.1) is 24.3 Å². The number of carbonyl (C=O) groups excluding carboxylic acids is 1. The zero-order chi connectivity index (χ0) is 33.5. The molecule has 0 spiro atoms. The number of carboxylic acid groups (broad SMARTS) is 1. The lowest BCUT2D eigenvalue weighted by atomic mass is 9.92. The number of aromatic carboxylic acids is 1. The van der Waals surface area contributed by atoms with Crippen LogP contribution in [0.1, 0.15) is 77.2 Å². The van der Waals surface area contributed by atoms with E-state index >= 15 is 0 Å². The van der Waals surface area contributed by atoms with Crippen LogP contribution in [-0.2, 0) is 37.6 Å². The number of benzene rings is 1. The van der Waals surface area contributed by atoms with Gasteiger partial charge >= 0.3 is 5.97 Å². The highest BCUT2D eigenvalue weighted by Gasteiger charge is 2.34. The Kier molecular flexibility index (Phi) is 8.67. The number of halogens is 2. The van der Waals surface area contributed by atoms with E-state index in [2.05, 4.69) is 29.5 Å². The van der Waals surface area contributed by atoms with E-state index in [-0.39, 0.29) is 23.1 Å². The number of nitrogens with zero attached hydrogens (tertiary/aromatic N) is 9. The van der Waals surface area contributed by atoms with Crippen molar-refractivity contribution in [3.05, 3.63) is 70.7 Å². The molecule has 0 aliphatic carbocycles. The first kappa shape index (κ1) is 31.9. The molecule has 1 saturated heterocycles. The molecule has 0 bridgehead atoms. The van der Waals surface area contributed by atoms with E-state index in [4.69, 9.17) is 10.2 Å². The lowest BCUT2D eigenvalue weighted by molar-refractivity contribution is -0.129. The minimum absolute atomic E-state index is 0.00869. The fourth-order valence-corrected chi connectivity index (χ4v) is 7.32. The number of fused-ring (bicyclic) bond motifs is 2. The molecule has 6 heterocycles. The summed E-state index contributed by atoms with van der Waals surface area (Å²) in [4.78, 5) is 38.3. The maximum atomic E-state index is 14.6. The number of rotatable bonds is 8. The highest BCUT2D eigenvalue weighted by atomic mass is 19.3. The number of carbonyl (C=O) groups is 2. The molecular formula is C34H39F2N9O3. The first-order chi connectivity index (χ1) is 23.2. The largest absolute Gasteiger partial charge is 0.478 e. The van der Waals surface area contributed by atoms with Crippen molar-refractivity contribution in [3.8, 4) is 11.1 Å². The van der Waals surface area contributed by atoms with Crippen molar-refractivity contribution in [1.29, 1.82) is 0 Å². The average molecular weight is 660 g/mol. The molecule has 4 aromatic rings. The van der Waals surface area contributed by atoms with Gasteiger partial charge in [0.1, 0.15) is 5.82 Å². The van der Waals surface area contributed by atoms with E-state index in [0.717, 1.165) is 73.6 Å². The van der Waals surface area contributed by atoms with Crippen molar-refractivity contribution in [2.75, 3.05) is 37.6 Å². The average Bonchev–Trinajstić information content (AvgIpc) is 3.70. The SMILES string of the molecule is CC(=O)N1CCc2c(c(N3CCCc4cc(-c5cnn(C)c5)c(C(F)F)cc43)nn2C2CCN(CCc3ncc(C(=O)O)cn3)CC2)C1. The van der Waals surface area contributed by atoms with E-state index in [1.54, 1.807) is 37.1 Å². The molecule has 12 nitrogen and oxygen atoms in total. The number of piperidine rings is 1. The summed E-state index contributed by atoms with van der Waals surface area (Å²) in [6.07, 6.45) is 8.15. The molecule has 0 saturated carbocycles. The van der Waals surface area contributed by atoms with Crippen LogP contribution in [0, 0.1) is 0 Å². The molecule has 1 aromatic carbocycles. The van der Waals surface area contributed by atoms with Gasteiger partial charge in [-0.3, -0.25) is 14.2 Å². The number of hydrogen-bond donors (Lipinski definition) is 1. The van der Waals surface area contributed by atoms with Gasteiger partial charge in [0, 0.05) is 106 Å². The summed E-state index contributed by atoms with van der Waals surface area (Å²) in [5, 5.41) is 18.6. The molecule has 1 fully saturated rings. The second-order valence-electron chi connectivity index (χ2n) is 12.9. The number of hydrogen-bond acceptors (Lipinski definition) is 8. The van der Waals surface area contributed by atoms with Crippen LogP contribution >= 0.6 is 0 Å². The Morgan fingerprint density at radius 1 is 1.04 bits per heavy atom. The smallest absolute Gasteiger partial charge is 0.338 e. The summed E-state index contributed by atoms with van der Waals surface area (Å²) >= 11 is 0. The minimum atomic E-state index is -2.66. The summed E-state index contributed by atoms with van der Waals surface area (Å²) in [5.41, 5.74) is 5.11. The molecular weight excluding hydrogens is 620 g/mol. The van der Waals surface area contributed by atoms with Gasteiger partial charge in [-0.15, -0.1) is 0 Å². The normalized spacial score (nSPS) is 17.1. The number of carboxylic acids is 1. The van der Waals surface area contributed by atoms with E-state index in [1.165, 1.54) is 12.4 Å². The Labute approximate surface area is 277 Å². The Morgan fingerprint density at radius 2 is 1.81 bits per heavy atom. The topological polar surface area (TPSA) is 126 Å². The van der Waals surface area contributed by atoms with Crippen LogP contribution in [0.2, 0.25) is 0 Å². The molecule has 3 aliphatic heterocycles. The number of anilines is 2. The lowest BCUT2D eigenvalue weighted by Crippen LogP contribution is -2.38. The highest BCUT2D eigenvalue weighted by Crippen LogP contribution is 2.43. The predicted molar refractivity (Wildman–Crippen MR) is 173 cm³/mol. The van der Waals surface area contributed by atoms with Gasteiger partial charge in [0.25, 0.3) is 6.43 Å². The Bertz CT molecular complexity index is 1830. The predicted octanol–water partition coefficient (Wildman–Crippen LogP) is 4.58. The van der Waals surface area contributed by atoms with Gasteiger partial charge in [-0.1, -0.05) is 0 Å². The van der Waals surface area contributed by atoms with Crippen molar-refractivity contribution >= 4 is 23.4 Å². The molecule has 3 aliphatic rings. The van der Waals surface area contributed by atoms with Gasteiger partial charge in [0.2, 0.25) is 5.91 Å². The van der Waals surface area contributed by atoms with Gasteiger partial charge in [-0.25, -0.2) is 23.5 Å². The first-order valence-corrected chi connectivity index (χ1v) is 16.5. The van der Waals surface area contributed by atoms with E-state index in [9.17, 15) is 18.4 Å². The third-order valence-electron chi connectivity index (χ3n) is 9.89. The molecule has 1 amide bonds. The summed E-state index contributed by atoms with van der Waals surface area (Å²) in [6.45, 7) is 5.80. The second-order valence-corrected chi connectivity index (χ2v) is 12.9. The Balaban J connectivity index is 1.15. The minimum Gasteiger partial charge on any atom is -0.478 e. The number of alkyl halides is 2. The zero-order valence-corrected chi connectivity index (χ0v) is 27.1. The second kappa shape index (κ2) is 13.1. The maximum absolute atomic E-state index is 14.6. The van der Waals surface area contributed by atoms with Crippen molar-refractivity contribution in [1.82, 2.24) is 39.3 Å². The Hall–Kier alpha value is -4.72.